The molecule has 1 aliphatic rings. The van der Waals surface area contributed by atoms with Crippen LogP contribution in [-0.2, 0) is 14.8 Å². The van der Waals surface area contributed by atoms with Crippen molar-refractivity contribution in [3.05, 3.63) is 28.8 Å². The number of aliphatic carboxylic acids is 1. The van der Waals surface area contributed by atoms with Crippen molar-refractivity contribution in [2.75, 3.05) is 13.1 Å². The van der Waals surface area contributed by atoms with Crippen LogP contribution in [0.1, 0.15) is 36.5 Å². The molecule has 9 heteroatoms. The predicted molar refractivity (Wildman–Crippen MR) is 88.6 cm³/mol. The van der Waals surface area contributed by atoms with Gasteiger partial charge in [0.15, 0.2) is 0 Å². The van der Waals surface area contributed by atoms with Crippen molar-refractivity contribution in [1.29, 1.82) is 0 Å². The molecule has 0 aromatic heterocycles. The molecule has 1 aliphatic heterocycles. The highest BCUT2D eigenvalue weighted by Gasteiger charge is 2.27. The largest absolute Gasteiger partial charge is 0.480 e. The second-order valence-electron chi connectivity index (χ2n) is 5.64. The molecule has 7 nitrogen and oxygen atoms in total. The molecule has 0 aliphatic carbocycles. The number of halogens is 1. The number of nitrogens with zero attached hydrogens (tertiary/aromatic N) is 1. The van der Waals surface area contributed by atoms with Gasteiger partial charge in [-0.15, -0.1) is 0 Å². The maximum absolute atomic E-state index is 12.7. The minimum Gasteiger partial charge on any atom is -0.480 e. The van der Waals surface area contributed by atoms with Crippen LogP contribution in [0, 0.1) is 0 Å². The summed E-state index contributed by atoms with van der Waals surface area (Å²) >= 11 is 5.97. The van der Waals surface area contributed by atoms with Crippen LogP contribution in [0.3, 0.4) is 0 Å². The minimum absolute atomic E-state index is 0.0260. The Balaban J connectivity index is 2.31. The summed E-state index contributed by atoms with van der Waals surface area (Å²) < 4.78 is 26.7. The van der Waals surface area contributed by atoms with Crippen LogP contribution in [0.15, 0.2) is 23.1 Å². The van der Waals surface area contributed by atoms with E-state index in [0.717, 1.165) is 19.3 Å². The molecule has 1 heterocycles. The predicted octanol–water partition coefficient (Wildman–Crippen LogP) is 1.72. The van der Waals surface area contributed by atoms with E-state index in [1.807, 2.05) is 0 Å². The summed E-state index contributed by atoms with van der Waals surface area (Å²) in [5.74, 6) is -1.93. The fourth-order valence-corrected chi connectivity index (χ4v) is 4.18. The Morgan fingerprint density at radius 2 is 1.88 bits per heavy atom. The average molecular weight is 375 g/mol. The smallest absolute Gasteiger partial charge is 0.325 e. The summed E-state index contributed by atoms with van der Waals surface area (Å²) in [7, 11) is -3.70. The zero-order valence-corrected chi connectivity index (χ0v) is 14.7. The van der Waals surface area contributed by atoms with Gasteiger partial charge in [0.2, 0.25) is 10.0 Å². The molecule has 0 radical (unpaired) electrons. The molecule has 0 bridgehead atoms. The van der Waals surface area contributed by atoms with E-state index in [-0.39, 0.29) is 15.5 Å². The van der Waals surface area contributed by atoms with Crippen LogP contribution in [0.4, 0.5) is 0 Å². The molecule has 2 rings (SSSR count). The van der Waals surface area contributed by atoms with E-state index in [4.69, 9.17) is 16.7 Å². The highest BCUT2D eigenvalue weighted by Crippen LogP contribution is 2.25. The van der Waals surface area contributed by atoms with Crippen molar-refractivity contribution in [2.45, 2.75) is 37.1 Å². The molecule has 1 fully saturated rings. The van der Waals surface area contributed by atoms with Crippen LogP contribution in [-0.4, -0.2) is 48.8 Å². The quantitative estimate of drug-likeness (QED) is 0.816. The van der Waals surface area contributed by atoms with Gasteiger partial charge in [-0.1, -0.05) is 18.0 Å². The fraction of sp³-hybridized carbons (Fsp3) is 0.467. The number of carboxylic acids is 1. The third-order valence-electron chi connectivity index (χ3n) is 3.85. The average Bonchev–Trinajstić information content (AvgIpc) is 2.55. The van der Waals surface area contributed by atoms with Crippen molar-refractivity contribution in [1.82, 2.24) is 9.62 Å². The van der Waals surface area contributed by atoms with Crippen molar-refractivity contribution in [3.63, 3.8) is 0 Å². The molecule has 0 spiro atoms. The van der Waals surface area contributed by atoms with Gasteiger partial charge in [-0.2, -0.15) is 4.31 Å². The number of hydrogen-bond acceptors (Lipinski definition) is 4. The number of rotatable bonds is 5. The Morgan fingerprint density at radius 3 is 2.46 bits per heavy atom. The number of amides is 1. The van der Waals surface area contributed by atoms with E-state index in [1.54, 1.807) is 0 Å². The van der Waals surface area contributed by atoms with E-state index >= 15 is 0 Å². The van der Waals surface area contributed by atoms with Gasteiger partial charge in [-0.25, -0.2) is 8.42 Å². The SMILES string of the molecule is C[C@H](NC(=O)c1cc(S(=O)(=O)N2CCCCC2)ccc1Cl)C(=O)O. The van der Waals surface area contributed by atoms with Crippen molar-refractivity contribution >= 4 is 33.5 Å². The molecule has 1 aromatic rings. The number of piperidine rings is 1. The van der Waals surface area contributed by atoms with Gasteiger partial charge in [0.05, 0.1) is 15.5 Å². The van der Waals surface area contributed by atoms with Crippen LogP contribution >= 0.6 is 11.6 Å². The first-order valence-corrected chi connectivity index (χ1v) is 9.38. The monoisotopic (exact) mass is 374 g/mol. The van der Waals surface area contributed by atoms with Crippen LogP contribution in [0.2, 0.25) is 5.02 Å². The highest BCUT2D eigenvalue weighted by atomic mass is 35.5. The third kappa shape index (κ3) is 4.06. The summed E-state index contributed by atoms with van der Waals surface area (Å²) in [5.41, 5.74) is -0.0668. The Bertz CT molecular complexity index is 744. The molecule has 0 unspecified atom stereocenters. The lowest BCUT2D eigenvalue weighted by Gasteiger charge is -2.26. The summed E-state index contributed by atoms with van der Waals surface area (Å²) in [6.07, 6.45) is 2.60. The van der Waals surface area contributed by atoms with Gasteiger partial charge in [-0.05, 0) is 38.0 Å². The zero-order valence-electron chi connectivity index (χ0n) is 13.2. The third-order valence-corrected chi connectivity index (χ3v) is 6.08. The Kier molecular flexibility index (Phi) is 5.84. The van der Waals surface area contributed by atoms with Crippen LogP contribution in [0.5, 0.6) is 0 Å². The first-order chi connectivity index (χ1) is 11.2. The number of sulfonamides is 1. The van der Waals surface area contributed by atoms with Gasteiger partial charge in [0.1, 0.15) is 6.04 Å². The summed E-state index contributed by atoms with van der Waals surface area (Å²) in [4.78, 5) is 23.0. The molecule has 1 saturated heterocycles. The maximum atomic E-state index is 12.7. The molecule has 132 valence electrons. The topological polar surface area (TPSA) is 104 Å². The number of carbonyl (C=O) groups excluding carboxylic acids is 1. The minimum atomic E-state index is -3.70. The summed E-state index contributed by atoms with van der Waals surface area (Å²) in [6, 6.07) is 2.76. The lowest BCUT2D eigenvalue weighted by molar-refractivity contribution is -0.138. The van der Waals surface area contributed by atoms with Crippen molar-refractivity contribution in [3.8, 4) is 0 Å². The Morgan fingerprint density at radius 1 is 1.25 bits per heavy atom. The van der Waals surface area contributed by atoms with E-state index in [2.05, 4.69) is 5.32 Å². The normalized spacial score (nSPS) is 17.2. The summed E-state index contributed by atoms with van der Waals surface area (Å²) in [5, 5.41) is 11.2. The first kappa shape index (κ1) is 18.7. The second-order valence-corrected chi connectivity index (χ2v) is 7.98. The molecule has 0 saturated carbocycles. The number of nitrogens with one attached hydrogen (secondary N) is 1. The number of carboxylic acid groups (broad SMARTS) is 1. The van der Waals surface area contributed by atoms with E-state index < -0.39 is 27.9 Å². The standard InChI is InChI=1S/C15H19ClN2O5S/c1-10(15(20)21)17-14(19)12-9-11(5-6-13(12)16)24(22,23)18-7-3-2-4-8-18/h5-6,9-10H,2-4,7-8H2,1H3,(H,17,19)(H,20,21)/t10-/m0/s1. The highest BCUT2D eigenvalue weighted by molar-refractivity contribution is 7.89. The Hall–Kier alpha value is -1.64. The maximum Gasteiger partial charge on any atom is 0.325 e. The lowest BCUT2D eigenvalue weighted by atomic mass is 10.2. The molecule has 1 amide bonds. The van der Waals surface area contributed by atoms with E-state index in [1.165, 1.54) is 29.4 Å². The number of hydrogen-bond donors (Lipinski definition) is 2. The number of carbonyl (C=O) groups is 2. The van der Waals surface area contributed by atoms with Gasteiger partial charge in [0.25, 0.3) is 5.91 Å². The van der Waals surface area contributed by atoms with Gasteiger partial charge >= 0.3 is 5.97 Å². The molecule has 1 aromatic carbocycles. The fourth-order valence-electron chi connectivity index (χ4n) is 2.43. The van der Waals surface area contributed by atoms with E-state index in [0.29, 0.717) is 13.1 Å². The summed E-state index contributed by atoms with van der Waals surface area (Å²) in [6.45, 7) is 2.20. The zero-order chi connectivity index (χ0) is 17.9. The van der Waals surface area contributed by atoms with E-state index in [9.17, 15) is 18.0 Å². The molecular weight excluding hydrogens is 356 g/mol. The molecule has 1 atom stereocenters. The van der Waals surface area contributed by atoms with Crippen LogP contribution in [0.25, 0.3) is 0 Å². The van der Waals surface area contributed by atoms with Crippen molar-refractivity contribution in [2.24, 2.45) is 0 Å². The Labute approximate surface area is 145 Å². The van der Waals surface area contributed by atoms with Gasteiger partial charge in [0, 0.05) is 13.1 Å². The van der Waals surface area contributed by atoms with Crippen LogP contribution < -0.4 is 5.32 Å². The second kappa shape index (κ2) is 7.50. The molecule has 24 heavy (non-hydrogen) atoms. The lowest BCUT2D eigenvalue weighted by Crippen LogP contribution is -2.38. The molecular formula is C15H19ClN2O5S. The number of benzene rings is 1. The van der Waals surface area contributed by atoms with Gasteiger partial charge in [-0.3, -0.25) is 9.59 Å². The van der Waals surface area contributed by atoms with Crippen molar-refractivity contribution < 1.29 is 23.1 Å². The molecule has 2 N–H and O–H groups in total. The first-order valence-electron chi connectivity index (χ1n) is 7.57. The van der Waals surface area contributed by atoms with Gasteiger partial charge < -0.3 is 10.4 Å².